The fourth-order valence-corrected chi connectivity index (χ4v) is 0.783. The van der Waals surface area contributed by atoms with Gasteiger partial charge in [-0.25, -0.2) is 4.79 Å². The molecule has 3 nitrogen and oxygen atoms in total. The Morgan fingerprint density at radius 3 is 2.77 bits per heavy atom. The maximum atomic E-state index is 11.0. The second kappa shape index (κ2) is 8.13. The van der Waals surface area contributed by atoms with Crippen LogP contribution in [0.3, 0.4) is 0 Å². The van der Waals surface area contributed by atoms with E-state index < -0.39 is 0 Å². The maximum absolute atomic E-state index is 11.0. The number of ether oxygens (including phenoxy) is 2. The van der Waals surface area contributed by atoms with Gasteiger partial charge in [-0.3, -0.25) is 0 Å². The molecule has 4 heteroatoms. The molecule has 13 heavy (non-hydrogen) atoms. The minimum absolute atomic E-state index is 0.243. The van der Waals surface area contributed by atoms with Crippen LogP contribution in [0.2, 0.25) is 0 Å². The monoisotopic (exact) mass is 204 g/mol. The molecule has 0 aliphatic heterocycles. The fourth-order valence-electron chi connectivity index (χ4n) is 0.654. The normalized spacial score (nSPS) is 9.69. The lowest BCUT2D eigenvalue weighted by molar-refractivity contribution is -0.139. The van der Waals surface area contributed by atoms with Crippen molar-refractivity contribution in [1.29, 1.82) is 0 Å². The second-order valence-corrected chi connectivity index (χ2v) is 2.90. The van der Waals surface area contributed by atoms with E-state index in [0.29, 0.717) is 18.8 Å². The van der Waals surface area contributed by atoms with E-state index in [1.807, 2.05) is 0 Å². The summed E-state index contributed by atoms with van der Waals surface area (Å²) in [5.41, 5.74) is 0.362. The third kappa shape index (κ3) is 6.66. The van der Waals surface area contributed by atoms with Gasteiger partial charge in [0.25, 0.3) is 0 Å². The van der Waals surface area contributed by atoms with E-state index in [4.69, 9.17) is 9.47 Å². The highest BCUT2D eigenvalue weighted by molar-refractivity contribution is 7.80. The number of carbonyl (C=O) groups excluding carboxylic acids is 1. The molecule has 0 unspecified atom stereocenters. The number of thiol groups is 1. The van der Waals surface area contributed by atoms with E-state index in [2.05, 4.69) is 19.2 Å². The van der Waals surface area contributed by atoms with Gasteiger partial charge in [0.05, 0.1) is 18.8 Å². The van der Waals surface area contributed by atoms with Crippen molar-refractivity contribution in [2.75, 3.05) is 25.6 Å². The van der Waals surface area contributed by atoms with Crippen LogP contribution >= 0.6 is 12.6 Å². The number of hydrogen-bond donors (Lipinski definition) is 1. The zero-order valence-corrected chi connectivity index (χ0v) is 8.81. The van der Waals surface area contributed by atoms with Gasteiger partial charge in [-0.1, -0.05) is 6.58 Å². The number of carbonyl (C=O) groups is 1. The SMILES string of the molecule is C=C(COCCCS)C(=O)OCC. The molecule has 0 fully saturated rings. The molecule has 0 saturated heterocycles. The van der Waals surface area contributed by atoms with Crippen LogP contribution in [0.4, 0.5) is 0 Å². The Hall–Kier alpha value is -0.480. The van der Waals surface area contributed by atoms with E-state index in [9.17, 15) is 4.79 Å². The summed E-state index contributed by atoms with van der Waals surface area (Å²) in [5, 5.41) is 0. The molecule has 0 aliphatic rings. The molecule has 0 saturated carbocycles. The largest absolute Gasteiger partial charge is 0.463 e. The summed E-state index contributed by atoms with van der Waals surface area (Å²) in [6, 6.07) is 0. The molecule has 0 spiro atoms. The average Bonchev–Trinajstić information content (AvgIpc) is 2.12. The number of rotatable bonds is 7. The van der Waals surface area contributed by atoms with Crippen LogP contribution in [0, 0.1) is 0 Å². The number of hydrogen-bond acceptors (Lipinski definition) is 4. The van der Waals surface area contributed by atoms with Crippen molar-refractivity contribution >= 4 is 18.6 Å². The van der Waals surface area contributed by atoms with Gasteiger partial charge in [-0.05, 0) is 19.1 Å². The molecule has 0 radical (unpaired) electrons. The first-order valence-corrected chi connectivity index (χ1v) is 4.89. The van der Waals surface area contributed by atoms with Gasteiger partial charge in [0.15, 0.2) is 0 Å². The predicted octanol–water partition coefficient (Wildman–Crippen LogP) is 1.44. The highest BCUT2D eigenvalue weighted by atomic mass is 32.1. The maximum Gasteiger partial charge on any atom is 0.335 e. The molecule has 0 aromatic rings. The first-order chi connectivity index (χ1) is 6.22. The first kappa shape index (κ1) is 12.5. The van der Waals surface area contributed by atoms with E-state index >= 15 is 0 Å². The zero-order valence-electron chi connectivity index (χ0n) is 7.91. The molecule has 0 bridgehead atoms. The minimum atomic E-state index is -0.381. The van der Waals surface area contributed by atoms with E-state index in [-0.39, 0.29) is 12.6 Å². The van der Waals surface area contributed by atoms with Crippen molar-refractivity contribution in [3.63, 3.8) is 0 Å². The van der Waals surface area contributed by atoms with Gasteiger partial charge < -0.3 is 9.47 Å². The molecule has 0 aliphatic carbocycles. The lowest BCUT2D eigenvalue weighted by Crippen LogP contribution is -2.12. The van der Waals surface area contributed by atoms with Gasteiger partial charge in [0.1, 0.15) is 0 Å². The van der Waals surface area contributed by atoms with Crippen molar-refractivity contribution in [2.24, 2.45) is 0 Å². The molecule has 0 N–H and O–H groups in total. The molecule has 0 heterocycles. The summed E-state index contributed by atoms with van der Waals surface area (Å²) >= 11 is 4.03. The van der Waals surface area contributed by atoms with E-state index in [1.165, 1.54) is 0 Å². The van der Waals surface area contributed by atoms with Gasteiger partial charge in [0, 0.05) is 6.61 Å². The Balaban J connectivity index is 3.44. The average molecular weight is 204 g/mol. The lowest BCUT2D eigenvalue weighted by atomic mass is 10.3. The second-order valence-electron chi connectivity index (χ2n) is 2.45. The Morgan fingerprint density at radius 1 is 1.54 bits per heavy atom. The Bertz CT molecular complexity index is 168. The van der Waals surface area contributed by atoms with Crippen LogP contribution in [-0.4, -0.2) is 31.5 Å². The third-order valence-corrected chi connectivity index (χ3v) is 1.60. The standard InChI is InChI=1S/C9H16O3S/c1-3-12-9(10)8(2)7-11-5-4-6-13/h13H,2-7H2,1H3. The van der Waals surface area contributed by atoms with E-state index in [0.717, 1.165) is 12.2 Å². The van der Waals surface area contributed by atoms with Crippen molar-refractivity contribution in [3.05, 3.63) is 12.2 Å². The van der Waals surface area contributed by atoms with Gasteiger partial charge >= 0.3 is 5.97 Å². The highest BCUT2D eigenvalue weighted by Gasteiger charge is 2.06. The van der Waals surface area contributed by atoms with Crippen LogP contribution in [-0.2, 0) is 14.3 Å². The smallest absolute Gasteiger partial charge is 0.335 e. The molecule has 0 aromatic heterocycles. The van der Waals surface area contributed by atoms with Crippen molar-refractivity contribution in [3.8, 4) is 0 Å². The zero-order chi connectivity index (χ0) is 10.1. The molecule has 0 aromatic carbocycles. The first-order valence-electron chi connectivity index (χ1n) is 4.25. The Morgan fingerprint density at radius 2 is 2.23 bits per heavy atom. The predicted molar refractivity (Wildman–Crippen MR) is 55.1 cm³/mol. The molecule has 76 valence electrons. The molecular formula is C9H16O3S. The Labute approximate surface area is 84.5 Å². The van der Waals surface area contributed by atoms with Crippen molar-refractivity contribution in [2.45, 2.75) is 13.3 Å². The molecule has 0 rings (SSSR count). The fraction of sp³-hybridized carbons (Fsp3) is 0.667. The molecule has 0 amide bonds. The van der Waals surface area contributed by atoms with Gasteiger partial charge in [-0.15, -0.1) is 0 Å². The van der Waals surface area contributed by atoms with Crippen LogP contribution in [0.15, 0.2) is 12.2 Å². The van der Waals surface area contributed by atoms with Crippen LogP contribution in [0.25, 0.3) is 0 Å². The van der Waals surface area contributed by atoms with Crippen molar-refractivity contribution < 1.29 is 14.3 Å². The summed E-state index contributed by atoms with van der Waals surface area (Å²) in [4.78, 5) is 11.0. The van der Waals surface area contributed by atoms with Gasteiger partial charge in [0.2, 0.25) is 0 Å². The topological polar surface area (TPSA) is 35.5 Å². The number of esters is 1. The third-order valence-electron chi connectivity index (χ3n) is 1.29. The van der Waals surface area contributed by atoms with E-state index in [1.54, 1.807) is 6.92 Å². The van der Waals surface area contributed by atoms with Gasteiger partial charge in [-0.2, -0.15) is 12.6 Å². The summed E-state index contributed by atoms with van der Waals surface area (Å²) in [6.07, 6.45) is 0.874. The minimum Gasteiger partial charge on any atom is -0.463 e. The Kier molecular flexibility index (Phi) is 7.83. The van der Waals surface area contributed by atoms with Crippen LogP contribution in [0.1, 0.15) is 13.3 Å². The lowest BCUT2D eigenvalue weighted by Gasteiger charge is -2.05. The molecular weight excluding hydrogens is 188 g/mol. The molecule has 0 atom stereocenters. The summed E-state index contributed by atoms with van der Waals surface area (Å²) in [5.74, 6) is 0.402. The van der Waals surface area contributed by atoms with Crippen LogP contribution < -0.4 is 0 Å². The van der Waals surface area contributed by atoms with Crippen LogP contribution in [0.5, 0.6) is 0 Å². The highest BCUT2D eigenvalue weighted by Crippen LogP contribution is 1.96. The quantitative estimate of drug-likeness (QED) is 0.295. The van der Waals surface area contributed by atoms with Crippen molar-refractivity contribution in [1.82, 2.24) is 0 Å². The summed E-state index contributed by atoms with van der Waals surface area (Å²) in [6.45, 7) is 6.52. The summed E-state index contributed by atoms with van der Waals surface area (Å²) < 4.78 is 9.88. The summed E-state index contributed by atoms with van der Waals surface area (Å²) in [7, 11) is 0.